The third-order valence-corrected chi connectivity index (χ3v) is 4.95. The monoisotopic (exact) mass is 200 g/mol. The lowest BCUT2D eigenvalue weighted by molar-refractivity contribution is 0.603. The van der Waals surface area contributed by atoms with Crippen LogP contribution in [0.15, 0.2) is 12.2 Å². The fourth-order valence-corrected chi connectivity index (χ4v) is 3.61. The Bertz CT molecular complexity index is 176. The third kappa shape index (κ3) is 3.68. The Morgan fingerprint density at radius 1 is 1.50 bits per heavy atom. The topological polar surface area (TPSA) is 0 Å². The number of hydrogen-bond acceptors (Lipinski definition) is 0. The van der Waals surface area contributed by atoms with E-state index in [1.54, 1.807) is 0 Å². The van der Waals surface area contributed by atoms with Crippen LogP contribution in [0.2, 0.25) is 6.04 Å². The van der Waals surface area contributed by atoms with Crippen LogP contribution in [0.4, 0.5) is 0 Å². The summed E-state index contributed by atoms with van der Waals surface area (Å²) in [5, 5.41) is 0. The molecule has 1 aliphatic carbocycles. The zero-order chi connectivity index (χ0) is 8.81. The van der Waals surface area contributed by atoms with Crippen LogP contribution in [0, 0.1) is 5.92 Å². The zero-order valence-electron chi connectivity index (χ0n) is 7.72. The van der Waals surface area contributed by atoms with Crippen LogP contribution in [0.3, 0.4) is 0 Å². The third-order valence-electron chi connectivity index (χ3n) is 2.27. The van der Waals surface area contributed by atoms with Crippen molar-refractivity contribution in [1.82, 2.24) is 0 Å². The van der Waals surface area contributed by atoms with Crippen molar-refractivity contribution in [2.75, 3.05) is 0 Å². The van der Waals surface area contributed by atoms with E-state index >= 15 is 0 Å². The molecule has 0 aromatic rings. The molecule has 0 heterocycles. The summed E-state index contributed by atoms with van der Waals surface area (Å²) in [6.45, 7) is 2.21. The van der Waals surface area contributed by atoms with Gasteiger partial charge in [-0.15, -0.1) is 11.1 Å². The number of hydrogen-bond donors (Lipinski definition) is 0. The molecule has 12 heavy (non-hydrogen) atoms. The van der Waals surface area contributed by atoms with Gasteiger partial charge in [-0.1, -0.05) is 31.2 Å². The quantitative estimate of drug-likeness (QED) is 0.371. The highest BCUT2D eigenvalue weighted by atomic mass is 35.6. The lowest BCUT2D eigenvalue weighted by atomic mass is 10.1. The Labute approximate surface area is 81.6 Å². The van der Waals surface area contributed by atoms with Crippen LogP contribution in [0.1, 0.15) is 32.6 Å². The fraction of sp³-hybridized carbons (Fsp3) is 0.700. The minimum Gasteiger partial charge on any atom is -0.139 e. The molecule has 0 unspecified atom stereocenters. The minimum absolute atomic E-state index is 0.608. The summed E-state index contributed by atoms with van der Waals surface area (Å²) in [6, 6.07) is 1.23. The second-order valence-electron chi connectivity index (χ2n) is 3.45. The predicted octanol–water partition coefficient (Wildman–Crippen LogP) is 3.37. The Balaban J connectivity index is 2.18. The molecule has 0 atom stereocenters. The highest BCUT2D eigenvalue weighted by Crippen LogP contribution is 2.20. The van der Waals surface area contributed by atoms with Crippen molar-refractivity contribution in [3.63, 3.8) is 0 Å². The van der Waals surface area contributed by atoms with E-state index in [4.69, 9.17) is 11.1 Å². The molecular weight excluding hydrogens is 184 g/mol. The van der Waals surface area contributed by atoms with Crippen molar-refractivity contribution in [3.8, 4) is 0 Å². The first kappa shape index (κ1) is 10.2. The van der Waals surface area contributed by atoms with Gasteiger partial charge in [0, 0.05) is 0 Å². The average Bonchev–Trinajstić information content (AvgIpc) is 2.53. The molecule has 0 amide bonds. The van der Waals surface area contributed by atoms with Gasteiger partial charge in [-0.2, -0.15) is 0 Å². The van der Waals surface area contributed by atoms with Crippen LogP contribution < -0.4 is 0 Å². The van der Waals surface area contributed by atoms with E-state index in [0.29, 0.717) is 0 Å². The van der Waals surface area contributed by atoms with Crippen molar-refractivity contribution in [1.29, 1.82) is 0 Å². The molecule has 0 saturated heterocycles. The van der Waals surface area contributed by atoms with Crippen LogP contribution in [0.5, 0.6) is 0 Å². The van der Waals surface area contributed by atoms with Crippen LogP contribution in [-0.2, 0) is 0 Å². The van der Waals surface area contributed by atoms with E-state index in [2.05, 4.69) is 24.7 Å². The summed E-state index contributed by atoms with van der Waals surface area (Å²) in [6.07, 6.45) is 9.60. The fourth-order valence-electron chi connectivity index (χ4n) is 1.50. The molecule has 0 aromatic carbocycles. The van der Waals surface area contributed by atoms with E-state index in [-0.39, 0.29) is 0 Å². The second kappa shape index (κ2) is 5.71. The summed E-state index contributed by atoms with van der Waals surface area (Å²) >= 11 is 6.19. The van der Waals surface area contributed by atoms with Gasteiger partial charge >= 0.3 is 0 Å². The average molecular weight is 201 g/mol. The van der Waals surface area contributed by atoms with Crippen LogP contribution in [0.25, 0.3) is 0 Å². The normalized spacial score (nSPS) is 19.0. The Hall–Kier alpha value is 0.117. The van der Waals surface area contributed by atoms with Gasteiger partial charge in [-0.25, -0.2) is 0 Å². The molecule has 2 heteroatoms. The summed E-state index contributed by atoms with van der Waals surface area (Å²) in [7, 11) is -0.608. The van der Waals surface area contributed by atoms with E-state index < -0.39 is 7.72 Å². The molecule has 0 saturated carbocycles. The summed E-state index contributed by atoms with van der Waals surface area (Å²) in [5.74, 6) is 0.876. The molecule has 1 rings (SSSR count). The first-order chi connectivity index (χ1) is 5.83. The Morgan fingerprint density at radius 3 is 2.75 bits per heavy atom. The van der Waals surface area contributed by atoms with Gasteiger partial charge in [0.2, 0.25) is 0 Å². The zero-order valence-corrected chi connectivity index (χ0v) is 9.48. The van der Waals surface area contributed by atoms with E-state index in [1.807, 2.05) is 0 Å². The van der Waals surface area contributed by atoms with Crippen LogP contribution in [-0.4, -0.2) is 13.4 Å². The maximum atomic E-state index is 6.19. The molecule has 68 valence electrons. The molecule has 0 bridgehead atoms. The lowest BCUT2D eigenvalue weighted by Gasteiger charge is -2.04. The molecule has 0 nitrogen and oxygen atoms in total. The van der Waals surface area contributed by atoms with E-state index in [9.17, 15) is 0 Å². The first-order valence-electron chi connectivity index (χ1n) is 4.82. The van der Waals surface area contributed by atoms with Crippen molar-refractivity contribution in [2.45, 2.75) is 38.7 Å². The molecule has 1 aliphatic rings. The smallest absolute Gasteiger partial charge is 0.120 e. The van der Waals surface area contributed by atoms with Gasteiger partial charge in [0.1, 0.15) is 7.72 Å². The Kier molecular flexibility index (Phi) is 4.85. The van der Waals surface area contributed by atoms with Crippen molar-refractivity contribution < 1.29 is 0 Å². The van der Waals surface area contributed by atoms with Crippen molar-refractivity contribution in [3.05, 3.63) is 12.2 Å². The number of rotatable bonds is 4. The molecule has 0 spiro atoms. The first-order valence-corrected chi connectivity index (χ1v) is 7.62. The van der Waals surface area contributed by atoms with Crippen molar-refractivity contribution >= 4 is 24.5 Å². The van der Waals surface area contributed by atoms with E-state index in [0.717, 1.165) is 5.92 Å². The highest BCUT2D eigenvalue weighted by molar-refractivity contribution is 7.08. The second-order valence-corrected chi connectivity index (χ2v) is 6.70. The minimum atomic E-state index is -0.608. The lowest BCUT2D eigenvalue weighted by Crippen LogP contribution is -2.01. The largest absolute Gasteiger partial charge is 0.139 e. The SMILES string of the molecule is CCC[Si](Cl)=CCC1CC=CC1. The maximum absolute atomic E-state index is 6.19. The van der Waals surface area contributed by atoms with Gasteiger partial charge in [0.05, 0.1) is 0 Å². The molecule has 0 N–H and O–H groups in total. The van der Waals surface area contributed by atoms with Crippen molar-refractivity contribution in [2.24, 2.45) is 5.92 Å². The van der Waals surface area contributed by atoms with Gasteiger partial charge < -0.3 is 0 Å². The summed E-state index contributed by atoms with van der Waals surface area (Å²) in [5.41, 5.74) is 2.38. The highest BCUT2D eigenvalue weighted by Gasteiger charge is 2.08. The molecular formula is C10H17ClSi. The van der Waals surface area contributed by atoms with Gasteiger partial charge in [0.25, 0.3) is 0 Å². The standard InChI is InChI=1S/C10H17ClSi/c1-2-8-12(11)9-7-10-5-3-4-6-10/h3-4,9-10H,2,5-8H2,1H3. The maximum Gasteiger partial charge on any atom is 0.120 e. The number of halogens is 1. The van der Waals surface area contributed by atoms with Crippen LogP contribution >= 0.6 is 11.1 Å². The number of allylic oxidation sites excluding steroid dienone is 2. The molecule has 0 fully saturated rings. The Morgan fingerprint density at radius 2 is 2.17 bits per heavy atom. The molecule has 0 radical (unpaired) electrons. The summed E-state index contributed by atoms with van der Waals surface area (Å²) in [4.78, 5) is 0. The predicted molar refractivity (Wildman–Crippen MR) is 59.3 cm³/mol. The van der Waals surface area contributed by atoms with E-state index in [1.165, 1.54) is 31.7 Å². The van der Waals surface area contributed by atoms with Gasteiger partial charge in [-0.05, 0) is 31.2 Å². The molecule has 0 aliphatic heterocycles. The molecule has 0 aromatic heterocycles. The van der Waals surface area contributed by atoms with Gasteiger partial charge in [-0.3, -0.25) is 0 Å². The summed E-state index contributed by atoms with van der Waals surface area (Å²) < 4.78 is 0. The van der Waals surface area contributed by atoms with Gasteiger partial charge in [0.15, 0.2) is 0 Å².